The molecule has 0 bridgehead atoms. The van der Waals surface area contributed by atoms with Gasteiger partial charge in [0, 0.05) is 0 Å². The van der Waals surface area contributed by atoms with E-state index in [0.717, 1.165) is 28.3 Å². The van der Waals surface area contributed by atoms with Crippen LogP contribution in [0.15, 0.2) is 79.1 Å². The Hall–Kier alpha value is -3.80. The number of hydrogen-bond donors (Lipinski definition) is 5. The lowest BCUT2D eigenvalue weighted by Crippen LogP contribution is -2.53. The highest BCUT2D eigenvalue weighted by Crippen LogP contribution is 2.49. The number of esters is 1. The summed E-state index contributed by atoms with van der Waals surface area (Å²) < 4.78 is 76.3. The number of halogens is 1. The number of phosphoric acid groups is 1. The van der Waals surface area contributed by atoms with Gasteiger partial charge in [0.2, 0.25) is 0 Å². The lowest BCUT2D eigenvalue weighted by atomic mass is 9.86. The van der Waals surface area contributed by atoms with E-state index in [1.54, 1.807) is 48.5 Å². The number of rotatable bonds is 20. The first-order valence-electron chi connectivity index (χ1n) is 17.5. The van der Waals surface area contributed by atoms with Crippen LogP contribution >= 0.6 is 15.6 Å². The van der Waals surface area contributed by atoms with Gasteiger partial charge < -0.3 is 29.1 Å². The summed E-state index contributed by atoms with van der Waals surface area (Å²) in [7, 11) is -9.08. The first-order chi connectivity index (χ1) is 26.2. The zero-order valence-corrected chi connectivity index (χ0v) is 32.3. The first-order valence-corrected chi connectivity index (χ1v) is 20.5. The number of nitrogens with one attached hydrogen (secondary N) is 2. The number of ether oxygens (including phenoxy) is 2. The summed E-state index contributed by atoms with van der Waals surface area (Å²) in [6, 6.07) is 18.1. The van der Waals surface area contributed by atoms with Crippen LogP contribution in [0, 0.1) is 11.3 Å². The molecule has 0 amide bonds. The molecule has 1 unspecified atom stereocenters. The molecule has 3 heterocycles. The average Bonchev–Trinajstić information content (AvgIpc) is 3.74. The number of benzene rings is 2. The molecular weight excluding hydrogens is 763 g/mol. The number of nitrogens with zero attached hydrogens (tertiary/aromatic N) is 3. The van der Waals surface area contributed by atoms with Crippen LogP contribution in [-0.2, 0) is 55.9 Å². The fourth-order valence-electron chi connectivity index (χ4n) is 5.75. The Morgan fingerprint density at radius 3 is 2.40 bits per heavy atom. The molecule has 300 valence electrons. The zero-order valence-electron chi connectivity index (χ0n) is 30.5. The second-order valence-corrected chi connectivity index (χ2v) is 16.3. The SMILES string of the molecule is CCC(CC)COC(=O)[C@H](C)N[P@](=O)(OC[C@@]1(CF)OC[C@@](O)(c2ccc3c(=N)n(COP(=O)(O)OCc4ccccc4)cnn23)[C@@H]1O)Oc1ccccc1. The van der Waals surface area contributed by atoms with Gasteiger partial charge in [-0.1, -0.05) is 75.2 Å². The fraction of sp³-hybridized carbons (Fsp3) is 0.457. The molecule has 1 saturated heterocycles. The van der Waals surface area contributed by atoms with Gasteiger partial charge in [-0.25, -0.2) is 18.0 Å². The second-order valence-electron chi connectivity index (χ2n) is 13.1. The molecule has 17 nitrogen and oxygen atoms in total. The summed E-state index contributed by atoms with van der Waals surface area (Å²) in [6.07, 6.45) is 0.620. The highest BCUT2D eigenvalue weighted by Gasteiger charge is 2.61. The molecular formula is C35H46FN5O12P2. The van der Waals surface area contributed by atoms with Gasteiger partial charge in [0.15, 0.2) is 11.1 Å². The van der Waals surface area contributed by atoms with Gasteiger partial charge in [-0.05, 0) is 42.7 Å². The van der Waals surface area contributed by atoms with Crippen LogP contribution in [0.2, 0.25) is 0 Å². The normalized spacial score (nSPS) is 22.7. The molecule has 1 fully saturated rings. The lowest BCUT2D eigenvalue weighted by molar-refractivity contribution is -0.146. The molecule has 5 rings (SSSR count). The van der Waals surface area contributed by atoms with Crippen molar-refractivity contribution in [1.29, 1.82) is 5.41 Å². The monoisotopic (exact) mass is 809 g/mol. The Kier molecular flexibility index (Phi) is 13.8. The van der Waals surface area contributed by atoms with E-state index in [1.165, 1.54) is 31.2 Å². The van der Waals surface area contributed by atoms with E-state index >= 15 is 0 Å². The van der Waals surface area contributed by atoms with E-state index in [9.17, 15) is 33.4 Å². The highest BCUT2D eigenvalue weighted by atomic mass is 31.2. The van der Waals surface area contributed by atoms with Gasteiger partial charge >= 0.3 is 21.5 Å². The second kappa shape index (κ2) is 18.0. The summed E-state index contributed by atoms with van der Waals surface area (Å²) in [5.41, 5.74) is -4.27. The summed E-state index contributed by atoms with van der Waals surface area (Å²) >= 11 is 0. The minimum Gasteiger partial charge on any atom is -0.464 e. The van der Waals surface area contributed by atoms with Crippen LogP contribution in [0.25, 0.3) is 5.52 Å². The molecule has 1 aliphatic rings. The van der Waals surface area contributed by atoms with Crippen LogP contribution in [0.5, 0.6) is 5.75 Å². The Morgan fingerprint density at radius 2 is 1.75 bits per heavy atom. The number of para-hydroxylation sites is 1. The van der Waals surface area contributed by atoms with Crippen molar-refractivity contribution in [2.45, 2.75) is 70.3 Å². The van der Waals surface area contributed by atoms with E-state index in [4.69, 9.17) is 33.0 Å². The molecule has 20 heteroatoms. The Bertz CT molecular complexity index is 2050. The van der Waals surface area contributed by atoms with Crippen molar-refractivity contribution in [3.63, 3.8) is 0 Å². The molecule has 2 aromatic heterocycles. The maximum atomic E-state index is 15.0. The lowest BCUT2D eigenvalue weighted by Gasteiger charge is -2.33. The standard InChI is InChI=1S/C35H46FN5O12P2/c1-4-26(5-2)18-48-32(42)25(3)39-54(45,53-28-14-10-7-11-15-28)51-21-34(20-36)33(43)35(44,22-49-34)30-17-16-29-31(37)40(23-38-41(29)30)24-52-55(46,47)50-19-27-12-8-6-9-13-27/h6-17,23,25-26,33,37,43-44H,4-5,18-22,24H2,1-3H3,(H,39,45)(H,46,47)/t25-,33+,34+,35+,54-/m0/s1. The van der Waals surface area contributed by atoms with Gasteiger partial charge in [-0.15, -0.1) is 0 Å². The van der Waals surface area contributed by atoms with Crippen molar-refractivity contribution in [1.82, 2.24) is 19.3 Å². The van der Waals surface area contributed by atoms with Crippen LogP contribution in [-0.4, -0.2) is 79.5 Å². The van der Waals surface area contributed by atoms with Gasteiger partial charge in [-0.2, -0.15) is 10.2 Å². The molecule has 0 spiro atoms. The Balaban J connectivity index is 1.31. The summed E-state index contributed by atoms with van der Waals surface area (Å²) in [5.74, 6) is -0.498. The van der Waals surface area contributed by atoms with Crippen LogP contribution in [0.1, 0.15) is 44.9 Å². The van der Waals surface area contributed by atoms with E-state index < -0.39 is 71.5 Å². The molecule has 2 aromatic carbocycles. The summed E-state index contributed by atoms with van der Waals surface area (Å²) in [6.45, 7) is 1.69. The van der Waals surface area contributed by atoms with E-state index in [-0.39, 0.29) is 41.6 Å². The molecule has 0 saturated carbocycles. The summed E-state index contributed by atoms with van der Waals surface area (Å²) in [4.78, 5) is 23.0. The number of hydrogen-bond acceptors (Lipinski definition) is 13. The number of aliphatic hydroxyl groups excluding tert-OH is 1. The number of carbonyl (C=O) groups excluding carboxylic acids is 1. The van der Waals surface area contributed by atoms with Gasteiger partial charge in [-0.3, -0.25) is 28.3 Å². The highest BCUT2D eigenvalue weighted by molar-refractivity contribution is 7.52. The van der Waals surface area contributed by atoms with Gasteiger partial charge in [0.25, 0.3) is 0 Å². The predicted octanol–water partition coefficient (Wildman–Crippen LogP) is 4.35. The topological polar surface area (TPSA) is 225 Å². The van der Waals surface area contributed by atoms with Crippen molar-refractivity contribution in [3.8, 4) is 5.75 Å². The third kappa shape index (κ3) is 9.96. The first kappa shape index (κ1) is 42.3. The number of aliphatic hydroxyl groups is 2. The van der Waals surface area contributed by atoms with Gasteiger partial charge in [0.05, 0.1) is 32.1 Å². The van der Waals surface area contributed by atoms with E-state index in [2.05, 4.69) is 10.2 Å². The molecule has 6 atom stereocenters. The molecule has 55 heavy (non-hydrogen) atoms. The number of phosphoric ester groups is 1. The van der Waals surface area contributed by atoms with E-state index in [0.29, 0.717) is 5.56 Å². The maximum absolute atomic E-state index is 15.0. The number of alkyl halides is 1. The van der Waals surface area contributed by atoms with Crippen LogP contribution in [0.3, 0.4) is 0 Å². The summed E-state index contributed by atoms with van der Waals surface area (Å²) in [5, 5.41) is 38.7. The van der Waals surface area contributed by atoms with Crippen LogP contribution < -0.4 is 15.1 Å². The van der Waals surface area contributed by atoms with Crippen molar-refractivity contribution >= 4 is 27.1 Å². The minimum atomic E-state index is -4.55. The molecule has 1 aliphatic heterocycles. The Labute approximate surface area is 316 Å². The smallest absolute Gasteiger partial charge is 0.464 e. The number of carbonyl (C=O) groups is 1. The molecule has 0 aliphatic carbocycles. The molecule has 0 radical (unpaired) electrons. The molecule has 5 N–H and O–H groups in total. The average molecular weight is 810 g/mol. The van der Waals surface area contributed by atoms with Crippen LogP contribution in [0.4, 0.5) is 4.39 Å². The number of fused-ring (bicyclic) bond motifs is 1. The molecule has 4 aromatic rings. The van der Waals surface area contributed by atoms with Crippen molar-refractivity contribution in [2.24, 2.45) is 5.92 Å². The zero-order chi connectivity index (χ0) is 39.9. The van der Waals surface area contributed by atoms with Crippen molar-refractivity contribution in [3.05, 3.63) is 95.9 Å². The Morgan fingerprint density at radius 1 is 1.07 bits per heavy atom. The predicted molar refractivity (Wildman–Crippen MR) is 194 cm³/mol. The minimum absolute atomic E-state index is 0.0729. The van der Waals surface area contributed by atoms with Crippen molar-refractivity contribution < 1.29 is 61.0 Å². The maximum Gasteiger partial charge on any atom is 0.474 e. The fourth-order valence-corrected chi connectivity index (χ4v) is 7.96. The third-order valence-corrected chi connectivity index (χ3v) is 11.8. The van der Waals surface area contributed by atoms with Crippen molar-refractivity contribution in [2.75, 3.05) is 26.5 Å². The van der Waals surface area contributed by atoms with E-state index in [1.807, 2.05) is 13.8 Å². The third-order valence-electron chi connectivity index (χ3n) is 9.26. The number of aromatic nitrogens is 3. The quantitative estimate of drug-likeness (QED) is 0.0618. The van der Waals surface area contributed by atoms with Gasteiger partial charge in [0.1, 0.15) is 48.7 Å². The largest absolute Gasteiger partial charge is 0.474 e.